The van der Waals surface area contributed by atoms with Gasteiger partial charge in [-0.25, -0.2) is 0 Å². The SMILES string of the molecule is CC.CC1CCC(O)(c2ccccc2)CC1. The molecule has 0 saturated heterocycles. The normalized spacial score (nSPS) is 29.1. The Morgan fingerprint density at radius 1 is 1.06 bits per heavy atom. The van der Waals surface area contributed by atoms with Crippen LogP contribution in [0.4, 0.5) is 0 Å². The van der Waals surface area contributed by atoms with Gasteiger partial charge in [0.2, 0.25) is 0 Å². The lowest BCUT2D eigenvalue weighted by Gasteiger charge is -2.35. The molecule has 1 fully saturated rings. The number of hydrogen-bond acceptors (Lipinski definition) is 1. The largest absolute Gasteiger partial charge is 0.385 e. The van der Waals surface area contributed by atoms with Crippen LogP contribution < -0.4 is 0 Å². The molecule has 0 bridgehead atoms. The van der Waals surface area contributed by atoms with Gasteiger partial charge in [-0.05, 0) is 37.2 Å². The Kier molecular flexibility index (Phi) is 5.01. The molecule has 0 atom stereocenters. The van der Waals surface area contributed by atoms with E-state index in [0.29, 0.717) is 0 Å². The number of aliphatic hydroxyl groups is 1. The standard InChI is InChI=1S/C13H18O.C2H6/c1-11-7-9-13(14,10-8-11)12-5-3-2-4-6-12;1-2/h2-6,11,14H,7-10H2,1H3;1-2H3. The third-order valence-corrected chi connectivity index (χ3v) is 3.41. The molecular formula is C15H24O. The van der Waals surface area contributed by atoms with Gasteiger partial charge in [-0.1, -0.05) is 51.1 Å². The van der Waals surface area contributed by atoms with E-state index >= 15 is 0 Å². The van der Waals surface area contributed by atoms with E-state index in [1.165, 1.54) is 0 Å². The van der Waals surface area contributed by atoms with E-state index in [-0.39, 0.29) is 0 Å². The highest BCUT2D eigenvalue weighted by atomic mass is 16.3. The molecule has 1 nitrogen and oxygen atoms in total. The van der Waals surface area contributed by atoms with E-state index in [1.54, 1.807) is 0 Å². The molecule has 1 saturated carbocycles. The second-order valence-electron chi connectivity index (χ2n) is 4.58. The van der Waals surface area contributed by atoms with Crippen LogP contribution in [0.1, 0.15) is 52.0 Å². The minimum Gasteiger partial charge on any atom is -0.385 e. The van der Waals surface area contributed by atoms with E-state index < -0.39 is 5.60 Å². The molecule has 0 amide bonds. The molecule has 0 unspecified atom stereocenters. The Morgan fingerprint density at radius 2 is 1.56 bits per heavy atom. The topological polar surface area (TPSA) is 20.2 Å². The zero-order valence-electron chi connectivity index (χ0n) is 10.7. The summed E-state index contributed by atoms with van der Waals surface area (Å²) in [6, 6.07) is 10.1. The van der Waals surface area contributed by atoms with Gasteiger partial charge in [0.05, 0.1) is 5.60 Å². The zero-order valence-corrected chi connectivity index (χ0v) is 10.7. The summed E-state index contributed by atoms with van der Waals surface area (Å²) in [4.78, 5) is 0. The van der Waals surface area contributed by atoms with Crippen molar-refractivity contribution in [3.05, 3.63) is 35.9 Å². The van der Waals surface area contributed by atoms with Crippen LogP contribution in [0.5, 0.6) is 0 Å². The maximum Gasteiger partial charge on any atom is 0.0896 e. The number of benzene rings is 1. The summed E-state index contributed by atoms with van der Waals surface area (Å²) in [5, 5.41) is 10.5. The van der Waals surface area contributed by atoms with Crippen LogP contribution in [0.3, 0.4) is 0 Å². The molecule has 1 aliphatic carbocycles. The summed E-state index contributed by atoms with van der Waals surface area (Å²) in [5.41, 5.74) is 0.542. The highest BCUT2D eigenvalue weighted by Gasteiger charge is 2.32. The highest BCUT2D eigenvalue weighted by Crippen LogP contribution is 2.38. The molecule has 0 aromatic heterocycles. The van der Waals surface area contributed by atoms with E-state index in [9.17, 15) is 5.11 Å². The summed E-state index contributed by atoms with van der Waals surface area (Å²) in [7, 11) is 0. The third kappa shape index (κ3) is 3.08. The lowest BCUT2D eigenvalue weighted by Crippen LogP contribution is -2.30. The van der Waals surface area contributed by atoms with Crippen molar-refractivity contribution in [3.8, 4) is 0 Å². The van der Waals surface area contributed by atoms with Crippen molar-refractivity contribution >= 4 is 0 Å². The second kappa shape index (κ2) is 6.05. The van der Waals surface area contributed by atoms with E-state index in [1.807, 2.05) is 44.2 Å². The fourth-order valence-corrected chi connectivity index (χ4v) is 2.28. The lowest BCUT2D eigenvalue weighted by atomic mass is 9.76. The second-order valence-corrected chi connectivity index (χ2v) is 4.58. The molecule has 16 heavy (non-hydrogen) atoms. The number of rotatable bonds is 1. The summed E-state index contributed by atoms with van der Waals surface area (Å²) >= 11 is 0. The first-order valence-electron chi connectivity index (χ1n) is 6.49. The first-order valence-corrected chi connectivity index (χ1v) is 6.49. The monoisotopic (exact) mass is 220 g/mol. The molecule has 1 heteroatoms. The van der Waals surface area contributed by atoms with Crippen LogP contribution >= 0.6 is 0 Å². The van der Waals surface area contributed by atoms with Gasteiger partial charge in [0.1, 0.15) is 0 Å². The summed E-state index contributed by atoms with van der Waals surface area (Å²) < 4.78 is 0. The Hall–Kier alpha value is -0.820. The predicted molar refractivity (Wildman–Crippen MR) is 69.3 cm³/mol. The Balaban J connectivity index is 0.000000606. The van der Waals surface area contributed by atoms with Gasteiger partial charge in [-0.2, -0.15) is 0 Å². The summed E-state index contributed by atoms with van der Waals surface area (Å²) in [6.45, 7) is 6.27. The van der Waals surface area contributed by atoms with Crippen molar-refractivity contribution < 1.29 is 5.11 Å². The van der Waals surface area contributed by atoms with Crippen molar-refractivity contribution in [1.82, 2.24) is 0 Å². The van der Waals surface area contributed by atoms with Crippen LogP contribution in [0.2, 0.25) is 0 Å². The quantitative estimate of drug-likeness (QED) is 0.755. The first-order chi connectivity index (χ1) is 7.71. The van der Waals surface area contributed by atoms with Crippen LogP contribution in [0.25, 0.3) is 0 Å². The lowest BCUT2D eigenvalue weighted by molar-refractivity contribution is -0.0120. The summed E-state index contributed by atoms with van der Waals surface area (Å²) in [5.74, 6) is 0.777. The van der Waals surface area contributed by atoms with Crippen LogP contribution in [-0.4, -0.2) is 5.11 Å². The predicted octanol–water partition coefficient (Wildman–Crippen LogP) is 4.11. The third-order valence-electron chi connectivity index (χ3n) is 3.41. The van der Waals surface area contributed by atoms with Gasteiger partial charge in [-0.3, -0.25) is 0 Å². The maximum absolute atomic E-state index is 10.5. The van der Waals surface area contributed by atoms with E-state index in [4.69, 9.17) is 0 Å². The van der Waals surface area contributed by atoms with Crippen LogP contribution in [0, 0.1) is 5.92 Å². The smallest absolute Gasteiger partial charge is 0.0896 e. The molecular weight excluding hydrogens is 196 g/mol. The van der Waals surface area contributed by atoms with Crippen molar-refractivity contribution in [2.45, 2.75) is 52.1 Å². The Morgan fingerprint density at radius 3 is 2.06 bits per heavy atom. The van der Waals surface area contributed by atoms with E-state index in [0.717, 1.165) is 37.2 Å². The molecule has 90 valence electrons. The Bertz CT molecular complexity index is 284. The molecule has 0 spiro atoms. The van der Waals surface area contributed by atoms with Crippen LogP contribution in [-0.2, 0) is 5.60 Å². The Labute approximate surface area is 99.5 Å². The molecule has 1 aromatic carbocycles. The fraction of sp³-hybridized carbons (Fsp3) is 0.600. The average molecular weight is 220 g/mol. The van der Waals surface area contributed by atoms with Gasteiger partial charge < -0.3 is 5.11 Å². The maximum atomic E-state index is 10.5. The van der Waals surface area contributed by atoms with E-state index in [2.05, 4.69) is 6.92 Å². The van der Waals surface area contributed by atoms with Gasteiger partial charge in [-0.15, -0.1) is 0 Å². The minimum absolute atomic E-state index is 0.548. The molecule has 1 aromatic rings. The molecule has 0 radical (unpaired) electrons. The fourth-order valence-electron chi connectivity index (χ4n) is 2.28. The van der Waals surface area contributed by atoms with Crippen LogP contribution in [0.15, 0.2) is 30.3 Å². The highest BCUT2D eigenvalue weighted by molar-refractivity contribution is 5.22. The zero-order chi connectivity index (χ0) is 12.0. The van der Waals surface area contributed by atoms with Gasteiger partial charge >= 0.3 is 0 Å². The van der Waals surface area contributed by atoms with Crippen molar-refractivity contribution in [2.75, 3.05) is 0 Å². The number of hydrogen-bond donors (Lipinski definition) is 1. The minimum atomic E-state index is -0.548. The van der Waals surface area contributed by atoms with Gasteiger partial charge in [0.25, 0.3) is 0 Å². The van der Waals surface area contributed by atoms with Crippen molar-refractivity contribution in [1.29, 1.82) is 0 Å². The van der Waals surface area contributed by atoms with Gasteiger partial charge in [0.15, 0.2) is 0 Å². The average Bonchev–Trinajstić information content (AvgIpc) is 2.37. The van der Waals surface area contributed by atoms with Crippen molar-refractivity contribution in [3.63, 3.8) is 0 Å². The molecule has 2 rings (SSSR count). The molecule has 1 aliphatic rings. The first kappa shape index (κ1) is 13.2. The molecule has 1 N–H and O–H groups in total. The molecule has 0 aliphatic heterocycles. The van der Waals surface area contributed by atoms with Crippen molar-refractivity contribution in [2.24, 2.45) is 5.92 Å². The molecule has 0 heterocycles. The summed E-state index contributed by atoms with van der Waals surface area (Å²) in [6.07, 6.45) is 4.12. The van der Waals surface area contributed by atoms with Gasteiger partial charge in [0, 0.05) is 0 Å².